The summed E-state index contributed by atoms with van der Waals surface area (Å²) in [6.45, 7) is 4.22. The summed E-state index contributed by atoms with van der Waals surface area (Å²) in [6.07, 6.45) is -4.61. The lowest BCUT2D eigenvalue weighted by Gasteiger charge is -2.33. The zero-order valence-corrected chi connectivity index (χ0v) is 17.1. The van der Waals surface area contributed by atoms with Gasteiger partial charge in [-0.25, -0.2) is 4.79 Å². The lowest BCUT2D eigenvalue weighted by molar-refractivity contribution is -0.137. The first-order chi connectivity index (χ1) is 14.1. The Morgan fingerprint density at radius 2 is 1.60 bits per heavy atom. The Balaban J connectivity index is 1.78. The molecule has 12 heteroatoms. The third-order valence-electron chi connectivity index (χ3n) is 4.35. The number of nitrogens with zero attached hydrogens (tertiary/aromatic N) is 2. The highest BCUT2D eigenvalue weighted by molar-refractivity contribution is 6.31. The summed E-state index contributed by atoms with van der Waals surface area (Å²) in [5, 5.41) is 6.69. The van der Waals surface area contributed by atoms with Crippen molar-refractivity contribution >= 4 is 35.1 Å². The van der Waals surface area contributed by atoms with Crippen LogP contribution in [0.15, 0.2) is 18.2 Å². The minimum atomic E-state index is -4.61. The molecule has 0 bridgehead atoms. The zero-order chi connectivity index (χ0) is 22.3. The molecule has 0 saturated carbocycles. The fraction of sp³-hybridized carbons (Fsp3) is 0.500. The second-order valence-corrected chi connectivity index (χ2v) is 7.11. The van der Waals surface area contributed by atoms with Crippen molar-refractivity contribution in [2.75, 3.05) is 51.1 Å². The first-order valence-corrected chi connectivity index (χ1v) is 9.65. The Morgan fingerprint density at radius 3 is 2.13 bits per heavy atom. The van der Waals surface area contributed by atoms with E-state index in [4.69, 9.17) is 11.6 Å². The van der Waals surface area contributed by atoms with E-state index in [9.17, 15) is 27.6 Å². The normalized spacial score (nSPS) is 15.5. The summed E-state index contributed by atoms with van der Waals surface area (Å²) in [7, 11) is 0. The number of carbonyl (C=O) groups excluding carboxylic acids is 3. The van der Waals surface area contributed by atoms with E-state index in [0.29, 0.717) is 32.7 Å². The van der Waals surface area contributed by atoms with Crippen LogP contribution < -0.4 is 16.0 Å². The molecule has 0 aromatic heterocycles. The Bertz CT molecular complexity index is 783. The molecule has 1 heterocycles. The molecule has 1 aliphatic rings. The number of amides is 4. The number of imide groups is 1. The monoisotopic (exact) mass is 449 g/mol. The Kier molecular flexibility index (Phi) is 8.44. The van der Waals surface area contributed by atoms with Gasteiger partial charge in [0, 0.05) is 38.4 Å². The summed E-state index contributed by atoms with van der Waals surface area (Å²) in [6, 6.07) is 2.64. The molecule has 1 aromatic carbocycles. The van der Waals surface area contributed by atoms with Crippen LogP contribution in [0.1, 0.15) is 12.5 Å². The number of carbonyl (C=O) groups is 3. The third kappa shape index (κ3) is 7.47. The molecular weight excluding hydrogens is 427 g/mol. The van der Waals surface area contributed by atoms with Crippen LogP contribution in [0.3, 0.4) is 0 Å². The van der Waals surface area contributed by atoms with Gasteiger partial charge in [-0.15, -0.1) is 0 Å². The fourth-order valence-corrected chi connectivity index (χ4v) is 3.13. The van der Waals surface area contributed by atoms with Gasteiger partial charge in [0.1, 0.15) is 0 Å². The Hall–Kier alpha value is -2.37. The van der Waals surface area contributed by atoms with E-state index in [2.05, 4.69) is 16.0 Å². The maximum atomic E-state index is 12.9. The van der Waals surface area contributed by atoms with E-state index in [1.54, 1.807) is 6.92 Å². The van der Waals surface area contributed by atoms with Gasteiger partial charge in [0.15, 0.2) is 0 Å². The fourth-order valence-electron chi connectivity index (χ4n) is 2.90. The van der Waals surface area contributed by atoms with Crippen molar-refractivity contribution in [1.82, 2.24) is 20.4 Å². The first-order valence-electron chi connectivity index (χ1n) is 9.27. The maximum absolute atomic E-state index is 12.9. The molecule has 1 saturated heterocycles. The molecular formula is C18H23ClF3N5O3. The largest absolute Gasteiger partial charge is 0.417 e. The minimum absolute atomic E-state index is 0.00290. The SMILES string of the molecule is CCNC(=O)NC(=O)CN1CCN(CC(=O)Nc2ccc(Cl)c(C(F)(F)F)c2)CC1. The molecule has 0 unspecified atom stereocenters. The zero-order valence-electron chi connectivity index (χ0n) is 16.3. The van der Waals surface area contributed by atoms with Crippen molar-refractivity contribution < 1.29 is 27.6 Å². The average molecular weight is 450 g/mol. The summed E-state index contributed by atoms with van der Waals surface area (Å²) in [5.41, 5.74) is -1.00. The van der Waals surface area contributed by atoms with Gasteiger partial charge < -0.3 is 10.6 Å². The van der Waals surface area contributed by atoms with E-state index in [-0.39, 0.29) is 18.8 Å². The summed E-state index contributed by atoms with van der Waals surface area (Å²) in [5.74, 6) is -0.872. The van der Waals surface area contributed by atoms with Crippen molar-refractivity contribution in [2.45, 2.75) is 13.1 Å². The molecule has 0 radical (unpaired) electrons. The lowest BCUT2D eigenvalue weighted by atomic mass is 10.2. The number of hydrogen-bond donors (Lipinski definition) is 3. The van der Waals surface area contributed by atoms with Gasteiger partial charge in [-0.3, -0.25) is 24.7 Å². The van der Waals surface area contributed by atoms with E-state index in [1.807, 2.05) is 9.80 Å². The van der Waals surface area contributed by atoms with Crippen LogP contribution in [-0.2, 0) is 15.8 Å². The Labute approximate surface area is 176 Å². The molecule has 0 atom stereocenters. The van der Waals surface area contributed by atoms with Gasteiger partial charge >= 0.3 is 12.2 Å². The summed E-state index contributed by atoms with van der Waals surface area (Å²) < 4.78 is 38.7. The summed E-state index contributed by atoms with van der Waals surface area (Å²) in [4.78, 5) is 39.0. The van der Waals surface area contributed by atoms with Gasteiger partial charge in [0.05, 0.1) is 23.7 Å². The smallest absolute Gasteiger partial charge is 0.338 e. The molecule has 166 valence electrons. The number of nitrogens with one attached hydrogen (secondary N) is 3. The van der Waals surface area contributed by atoms with Gasteiger partial charge in [-0.05, 0) is 25.1 Å². The first kappa shape index (κ1) is 23.9. The molecule has 0 spiro atoms. The molecule has 1 aliphatic heterocycles. The predicted molar refractivity (Wildman–Crippen MR) is 105 cm³/mol. The highest BCUT2D eigenvalue weighted by atomic mass is 35.5. The van der Waals surface area contributed by atoms with Gasteiger partial charge in [-0.2, -0.15) is 13.2 Å². The van der Waals surface area contributed by atoms with Crippen LogP contribution in [0, 0.1) is 0 Å². The highest BCUT2D eigenvalue weighted by Crippen LogP contribution is 2.36. The quantitative estimate of drug-likeness (QED) is 0.615. The average Bonchev–Trinajstić information content (AvgIpc) is 2.64. The van der Waals surface area contributed by atoms with Crippen LogP contribution >= 0.6 is 11.6 Å². The van der Waals surface area contributed by atoms with Crippen molar-refractivity contribution in [2.24, 2.45) is 0 Å². The van der Waals surface area contributed by atoms with Crippen LogP contribution in [0.5, 0.6) is 0 Å². The Morgan fingerprint density at radius 1 is 1.03 bits per heavy atom. The van der Waals surface area contributed by atoms with Gasteiger partial charge in [-0.1, -0.05) is 11.6 Å². The van der Waals surface area contributed by atoms with Crippen LogP contribution in [0.25, 0.3) is 0 Å². The molecule has 8 nitrogen and oxygen atoms in total. The van der Waals surface area contributed by atoms with Gasteiger partial charge in [0.25, 0.3) is 0 Å². The molecule has 2 rings (SSSR count). The number of rotatable bonds is 6. The highest BCUT2D eigenvalue weighted by Gasteiger charge is 2.33. The van der Waals surface area contributed by atoms with E-state index in [1.165, 1.54) is 6.07 Å². The van der Waals surface area contributed by atoms with Crippen molar-refractivity contribution in [3.05, 3.63) is 28.8 Å². The molecule has 3 N–H and O–H groups in total. The van der Waals surface area contributed by atoms with Crippen molar-refractivity contribution in [3.8, 4) is 0 Å². The predicted octanol–water partition coefficient (Wildman–Crippen LogP) is 1.76. The number of benzene rings is 1. The van der Waals surface area contributed by atoms with Gasteiger partial charge in [0.2, 0.25) is 11.8 Å². The van der Waals surface area contributed by atoms with E-state index in [0.717, 1.165) is 12.1 Å². The molecule has 4 amide bonds. The third-order valence-corrected chi connectivity index (χ3v) is 4.67. The second kappa shape index (κ2) is 10.6. The lowest BCUT2D eigenvalue weighted by Crippen LogP contribution is -2.52. The molecule has 30 heavy (non-hydrogen) atoms. The van der Waals surface area contributed by atoms with E-state index < -0.39 is 34.6 Å². The number of alkyl halides is 3. The standard InChI is InChI=1S/C18H23ClF3N5O3/c1-2-23-17(30)25-16(29)11-27-7-5-26(6-8-27)10-15(28)24-12-3-4-14(19)13(9-12)18(20,21)22/h3-4,9H,2,5-8,10-11H2,1H3,(H,24,28)(H2,23,25,29,30). The van der Waals surface area contributed by atoms with Crippen LogP contribution in [0.4, 0.5) is 23.7 Å². The number of halogens is 4. The van der Waals surface area contributed by atoms with Crippen LogP contribution in [0.2, 0.25) is 5.02 Å². The molecule has 1 aromatic rings. The van der Waals surface area contributed by atoms with Crippen LogP contribution in [-0.4, -0.2) is 73.5 Å². The number of piperazine rings is 1. The second-order valence-electron chi connectivity index (χ2n) is 6.70. The maximum Gasteiger partial charge on any atom is 0.417 e. The topological polar surface area (TPSA) is 93.8 Å². The summed E-state index contributed by atoms with van der Waals surface area (Å²) >= 11 is 5.57. The molecule has 0 aliphatic carbocycles. The van der Waals surface area contributed by atoms with Crippen molar-refractivity contribution in [3.63, 3.8) is 0 Å². The minimum Gasteiger partial charge on any atom is -0.338 e. The van der Waals surface area contributed by atoms with Crippen molar-refractivity contribution in [1.29, 1.82) is 0 Å². The number of anilines is 1. The number of urea groups is 1. The van der Waals surface area contributed by atoms with E-state index >= 15 is 0 Å². The number of hydrogen-bond acceptors (Lipinski definition) is 5. The molecule has 1 fully saturated rings.